The van der Waals surface area contributed by atoms with Crippen LogP contribution in [0.25, 0.3) is 11.0 Å². The minimum Gasteiger partial charge on any atom is -0.369 e. The molecule has 0 radical (unpaired) electrons. The van der Waals surface area contributed by atoms with E-state index < -0.39 is 12.1 Å². The summed E-state index contributed by atoms with van der Waals surface area (Å²) < 4.78 is 39.3. The van der Waals surface area contributed by atoms with Crippen molar-refractivity contribution in [2.45, 2.75) is 39.4 Å². The molecule has 0 spiro atoms. The van der Waals surface area contributed by atoms with Gasteiger partial charge in [0.1, 0.15) is 12.1 Å². The lowest BCUT2D eigenvalue weighted by molar-refractivity contribution is -0.165. The van der Waals surface area contributed by atoms with E-state index in [1.165, 1.54) is 6.33 Å². The zero-order valence-electron chi connectivity index (χ0n) is 12.4. The smallest absolute Gasteiger partial charge is 0.369 e. The van der Waals surface area contributed by atoms with Gasteiger partial charge in [-0.25, -0.2) is 14.6 Å². The molecule has 0 aromatic carbocycles. The monoisotopic (exact) mass is 301 g/mol. The van der Waals surface area contributed by atoms with Crippen LogP contribution in [0.1, 0.15) is 27.7 Å². The number of hydrogen-bond acceptors (Lipinski definition) is 4. The predicted molar refractivity (Wildman–Crippen MR) is 74.0 cm³/mol. The number of alkyl halides is 3. The van der Waals surface area contributed by atoms with Gasteiger partial charge in [-0.2, -0.15) is 18.3 Å². The normalized spacial score (nSPS) is 14.4. The van der Waals surface area contributed by atoms with Gasteiger partial charge >= 0.3 is 6.18 Å². The van der Waals surface area contributed by atoms with Crippen LogP contribution in [0.3, 0.4) is 0 Å². The SMILES string of the molecule is CC(CNc1ncnc2c1cnn2C(C)(C)C)C(F)(F)F. The van der Waals surface area contributed by atoms with Crippen molar-refractivity contribution in [1.29, 1.82) is 0 Å². The Bertz CT molecular complexity index is 627. The van der Waals surface area contributed by atoms with Crippen molar-refractivity contribution in [3.63, 3.8) is 0 Å². The van der Waals surface area contributed by atoms with Gasteiger partial charge in [-0.1, -0.05) is 6.92 Å². The average molecular weight is 301 g/mol. The summed E-state index contributed by atoms with van der Waals surface area (Å²) in [7, 11) is 0. The summed E-state index contributed by atoms with van der Waals surface area (Å²) in [5.41, 5.74) is 0.326. The van der Waals surface area contributed by atoms with Crippen LogP contribution < -0.4 is 5.32 Å². The molecule has 2 aromatic heterocycles. The topological polar surface area (TPSA) is 55.6 Å². The molecule has 0 saturated heterocycles. The molecule has 0 aliphatic carbocycles. The first-order valence-electron chi connectivity index (χ1n) is 6.60. The van der Waals surface area contributed by atoms with Crippen molar-refractivity contribution in [2.75, 3.05) is 11.9 Å². The molecule has 2 rings (SSSR count). The summed E-state index contributed by atoms with van der Waals surface area (Å²) in [6, 6.07) is 0. The zero-order valence-corrected chi connectivity index (χ0v) is 12.4. The molecule has 0 saturated carbocycles. The predicted octanol–water partition coefficient (Wildman–Crippen LogP) is 3.19. The molecule has 0 aliphatic heterocycles. The Morgan fingerprint density at radius 1 is 1.24 bits per heavy atom. The van der Waals surface area contributed by atoms with Crippen LogP contribution in [-0.2, 0) is 5.54 Å². The van der Waals surface area contributed by atoms with Crippen molar-refractivity contribution >= 4 is 16.9 Å². The van der Waals surface area contributed by atoms with Gasteiger partial charge in [0, 0.05) is 6.54 Å². The molecule has 5 nitrogen and oxygen atoms in total. The van der Waals surface area contributed by atoms with E-state index in [-0.39, 0.29) is 12.1 Å². The standard InChI is InChI=1S/C13H18F3N5/c1-8(13(14,15)16)5-17-10-9-6-20-21(12(2,3)4)11(9)19-7-18-10/h6-8H,5H2,1-4H3,(H,17,18,19). The van der Waals surface area contributed by atoms with E-state index in [1.807, 2.05) is 20.8 Å². The number of aromatic nitrogens is 4. The lowest BCUT2D eigenvalue weighted by Crippen LogP contribution is -2.27. The molecule has 0 fully saturated rings. The second-order valence-electron chi connectivity index (χ2n) is 6.01. The van der Waals surface area contributed by atoms with E-state index in [0.717, 1.165) is 6.92 Å². The first-order valence-corrected chi connectivity index (χ1v) is 6.60. The molecule has 2 heterocycles. The molecule has 21 heavy (non-hydrogen) atoms. The summed E-state index contributed by atoms with van der Waals surface area (Å²) in [5.74, 6) is -1.09. The molecule has 8 heteroatoms. The van der Waals surface area contributed by atoms with Gasteiger partial charge in [-0.05, 0) is 20.8 Å². The largest absolute Gasteiger partial charge is 0.393 e. The fourth-order valence-corrected chi connectivity index (χ4v) is 1.84. The van der Waals surface area contributed by atoms with Crippen molar-refractivity contribution in [3.8, 4) is 0 Å². The van der Waals surface area contributed by atoms with Crippen LogP contribution in [0.4, 0.5) is 19.0 Å². The van der Waals surface area contributed by atoms with Crippen LogP contribution in [0.5, 0.6) is 0 Å². The number of fused-ring (bicyclic) bond motifs is 1. The fourth-order valence-electron chi connectivity index (χ4n) is 1.84. The molecule has 116 valence electrons. The highest BCUT2D eigenvalue weighted by Gasteiger charge is 2.35. The minimum absolute atomic E-state index is 0.240. The van der Waals surface area contributed by atoms with Gasteiger partial charge in [-0.3, -0.25) is 0 Å². The maximum Gasteiger partial charge on any atom is 0.393 e. The summed E-state index contributed by atoms with van der Waals surface area (Å²) >= 11 is 0. The average Bonchev–Trinajstić information content (AvgIpc) is 2.78. The highest BCUT2D eigenvalue weighted by atomic mass is 19.4. The van der Waals surface area contributed by atoms with Crippen molar-refractivity contribution in [3.05, 3.63) is 12.5 Å². The molecule has 0 bridgehead atoms. The second kappa shape index (κ2) is 5.16. The van der Waals surface area contributed by atoms with Crippen LogP contribution in [0, 0.1) is 5.92 Å². The maximum absolute atomic E-state index is 12.5. The third-order valence-corrected chi connectivity index (χ3v) is 3.14. The summed E-state index contributed by atoms with van der Waals surface area (Å²) in [6.07, 6.45) is -1.33. The Hall–Kier alpha value is -1.86. The van der Waals surface area contributed by atoms with E-state index >= 15 is 0 Å². The van der Waals surface area contributed by atoms with Gasteiger partial charge in [-0.15, -0.1) is 0 Å². The van der Waals surface area contributed by atoms with Crippen LogP contribution in [-0.4, -0.2) is 32.5 Å². The van der Waals surface area contributed by atoms with E-state index in [1.54, 1.807) is 10.9 Å². The molecule has 1 atom stereocenters. The van der Waals surface area contributed by atoms with Crippen LogP contribution in [0.2, 0.25) is 0 Å². The summed E-state index contributed by atoms with van der Waals surface area (Å²) in [5, 5.41) is 7.60. The highest BCUT2D eigenvalue weighted by molar-refractivity contribution is 5.86. The van der Waals surface area contributed by atoms with Gasteiger partial charge in [0.25, 0.3) is 0 Å². The van der Waals surface area contributed by atoms with Gasteiger partial charge < -0.3 is 5.32 Å². The van der Waals surface area contributed by atoms with E-state index in [9.17, 15) is 13.2 Å². The number of hydrogen-bond donors (Lipinski definition) is 1. The summed E-state index contributed by atoms with van der Waals surface area (Å²) in [4.78, 5) is 8.18. The minimum atomic E-state index is -4.23. The number of nitrogens with one attached hydrogen (secondary N) is 1. The Labute approximate surface area is 120 Å². The zero-order chi connectivity index (χ0) is 15.8. The number of halogens is 3. The first-order chi connectivity index (χ1) is 9.60. The quantitative estimate of drug-likeness (QED) is 0.946. The van der Waals surface area contributed by atoms with Crippen molar-refractivity contribution in [1.82, 2.24) is 19.7 Å². The van der Waals surface area contributed by atoms with Crippen molar-refractivity contribution in [2.24, 2.45) is 5.92 Å². The molecular formula is C13H18F3N5. The van der Waals surface area contributed by atoms with E-state index in [0.29, 0.717) is 16.9 Å². The third kappa shape index (κ3) is 3.25. The fraction of sp³-hybridized carbons (Fsp3) is 0.615. The lowest BCUT2D eigenvalue weighted by Gasteiger charge is -2.20. The van der Waals surface area contributed by atoms with Crippen molar-refractivity contribution < 1.29 is 13.2 Å². The Kier molecular flexibility index (Phi) is 3.81. The summed E-state index contributed by atoms with van der Waals surface area (Å²) in [6.45, 7) is 6.81. The van der Waals surface area contributed by atoms with Gasteiger partial charge in [0.05, 0.1) is 23.0 Å². The van der Waals surface area contributed by atoms with Crippen LogP contribution in [0.15, 0.2) is 12.5 Å². The Morgan fingerprint density at radius 3 is 2.48 bits per heavy atom. The molecule has 0 aliphatic rings. The first kappa shape index (κ1) is 15.5. The van der Waals surface area contributed by atoms with E-state index in [2.05, 4.69) is 20.4 Å². The number of rotatable bonds is 3. The Balaban J connectivity index is 2.28. The molecule has 1 N–H and O–H groups in total. The second-order valence-corrected chi connectivity index (χ2v) is 6.01. The number of nitrogens with zero attached hydrogens (tertiary/aromatic N) is 4. The van der Waals surface area contributed by atoms with Crippen LogP contribution >= 0.6 is 0 Å². The Morgan fingerprint density at radius 2 is 1.90 bits per heavy atom. The van der Waals surface area contributed by atoms with E-state index in [4.69, 9.17) is 0 Å². The molecule has 0 amide bonds. The van der Waals surface area contributed by atoms with Gasteiger partial charge in [0.2, 0.25) is 0 Å². The molecule has 1 unspecified atom stereocenters. The lowest BCUT2D eigenvalue weighted by atomic mass is 10.1. The highest BCUT2D eigenvalue weighted by Crippen LogP contribution is 2.27. The molecule has 2 aromatic rings. The number of anilines is 1. The molecular weight excluding hydrogens is 283 g/mol. The van der Waals surface area contributed by atoms with Gasteiger partial charge in [0.15, 0.2) is 5.65 Å². The third-order valence-electron chi connectivity index (χ3n) is 3.14. The maximum atomic E-state index is 12.5.